The molecule has 8 nitrogen and oxygen atoms in total. The van der Waals surface area contributed by atoms with Gasteiger partial charge < -0.3 is 4.74 Å². The van der Waals surface area contributed by atoms with Crippen LogP contribution < -0.4 is 0 Å². The molecule has 2 aromatic rings. The number of methoxy groups -OCH3 is 1. The van der Waals surface area contributed by atoms with Gasteiger partial charge in [-0.05, 0) is 34.3 Å². The summed E-state index contributed by atoms with van der Waals surface area (Å²) in [6, 6.07) is 14.0. The van der Waals surface area contributed by atoms with Gasteiger partial charge in [0.25, 0.3) is 0 Å². The van der Waals surface area contributed by atoms with Crippen molar-refractivity contribution in [3.8, 4) is 0 Å². The standard InChI is InChI=1S/C21H18N6O2/c1-29-20-12-16(10-14-2-6-18(7-3-14)24-26-22)21(28)17(13-20)11-15-4-8-19(9-5-15)25-27-23/h2-11,20H,12-13H2,1H3/b16-10-,17-11+. The van der Waals surface area contributed by atoms with Crippen molar-refractivity contribution in [3.63, 3.8) is 0 Å². The number of nitrogens with zero attached hydrogens (tertiary/aromatic N) is 6. The van der Waals surface area contributed by atoms with E-state index in [1.165, 1.54) is 0 Å². The maximum atomic E-state index is 13.0. The Morgan fingerprint density at radius 2 is 1.28 bits per heavy atom. The van der Waals surface area contributed by atoms with Crippen LogP contribution in [0.2, 0.25) is 0 Å². The summed E-state index contributed by atoms with van der Waals surface area (Å²) in [5.41, 5.74) is 21.0. The van der Waals surface area contributed by atoms with Gasteiger partial charge in [0.1, 0.15) is 0 Å². The third-order valence-corrected chi connectivity index (χ3v) is 4.60. The van der Waals surface area contributed by atoms with Gasteiger partial charge in [-0.15, -0.1) is 0 Å². The molecule has 0 spiro atoms. The number of hydrogen-bond acceptors (Lipinski definition) is 4. The zero-order chi connectivity index (χ0) is 20.6. The normalized spacial score (nSPS) is 18.9. The Balaban J connectivity index is 1.89. The van der Waals surface area contributed by atoms with Crippen LogP contribution in [0.5, 0.6) is 0 Å². The molecule has 1 atom stereocenters. The highest BCUT2D eigenvalue weighted by molar-refractivity contribution is 6.14. The van der Waals surface area contributed by atoms with Gasteiger partial charge in [0.05, 0.1) is 6.10 Å². The van der Waals surface area contributed by atoms with Crippen LogP contribution in [0.4, 0.5) is 11.4 Å². The molecule has 0 heterocycles. The van der Waals surface area contributed by atoms with Crippen molar-refractivity contribution in [2.75, 3.05) is 7.11 Å². The summed E-state index contributed by atoms with van der Waals surface area (Å²) in [6.07, 6.45) is 4.65. The van der Waals surface area contributed by atoms with E-state index in [1.54, 1.807) is 55.6 Å². The second kappa shape index (κ2) is 9.39. The third kappa shape index (κ3) is 5.12. The average molecular weight is 386 g/mol. The van der Waals surface area contributed by atoms with E-state index >= 15 is 0 Å². The quantitative estimate of drug-likeness (QED) is 0.255. The molecule has 0 aliphatic heterocycles. The highest BCUT2D eigenvalue weighted by atomic mass is 16.5. The molecule has 0 N–H and O–H groups in total. The number of Topliss-reactive ketones (excluding diaryl/α,β-unsaturated/α-hetero) is 1. The van der Waals surface area contributed by atoms with Gasteiger partial charge in [-0.3, -0.25) is 4.79 Å². The van der Waals surface area contributed by atoms with Crippen LogP contribution in [0.3, 0.4) is 0 Å². The van der Waals surface area contributed by atoms with E-state index in [-0.39, 0.29) is 11.9 Å². The predicted octanol–water partition coefficient (Wildman–Crippen LogP) is 6.42. The van der Waals surface area contributed by atoms with Crippen LogP contribution in [0, 0.1) is 0 Å². The van der Waals surface area contributed by atoms with Crippen LogP contribution in [0.25, 0.3) is 33.0 Å². The molecule has 0 saturated heterocycles. The fourth-order valence-corrected chi connectivity index (χ4v) is 3.15. The Morgan fingerprint density at radius 3 is 1.62 bits per heavy atom. The summed E-state index contributed by atoms with van der Waals surface area (Å²) >= 11 is 0. The second-order valence-corrected chi connectivity index (χ2v) is 6.50. The summed E-state index contributed by atoms with van der Waals surface area (Å²) in [6.45, 7) is 0. The summed E-state index contributed by atoms with van der Waals surface area (Å²) in [7, 11) is 1.64. The van der Waals surface area contributed by atoms with Gasteiger partial charge in [0, 0.05) is 52.3 Å². The molecular weight excluding hydrogens is 368 g/mol. The number of rotatable bonds is 5. The Morgan fingerprint density at radius 1 is 0.862 bits per heavy atom. The van der Waals surface area contributed by atoms with Gasteiger partial charge >= 0.3 is 0 Å². The molecule has 1 saturated carbocycles. The maximum absolute atomic E-state index is 13.0. The van der Waals surface area contributed by atoms with E-state index in [0.29, 0.717) is 35.4 Å². The van der Waals surface area contributed by atoms with Gasteiger partial charge in [-0.1, -0.05) is 58.8 Å². The third-order valence-electron chi connectivity index (χ3n) is 4.60. The molecule has 29 heavy (non-hydrogen) atoms. The monoisotopic (exact) mass is 386 g/mol. The molecule has 0 bridgehead atoms. The van der Waals surface area contributed by atoms with Crippen molar-refractivity contribution < 1.29 is 9.53 Å². The summed E-state index contributed by atoms with van der Waals surface area (Å²) in [5.74, 6) is -0.0171. The lowest BCUT2D eigenvalue weighted by atomic mass is 9.85. The Labute approximate surface area is 167 Å². The topological polar surface area (TPSA) is 124 Å². The van der Waals surface area contributed by atoms with E-state index in [1.807, 2.05) is 12.2 Å². The minimum absolute atomic E-state index is 0.0171. The van der Waals surface area contributed by atoms with Crippen molar-refractivity contribution >= 4 is 29.3 Å². The number of ether oxygens (including phenoxy) is 1. The first kappa shape index (κ1) is 19.9. The largest absolute Gasteiger partial charge is 0.381 e. The van der Waals surface area contributed by atoms with E-state index in [9.17, 15) is 4.79 Å². The number of hydrogen-bond donors (Lipinski definition) is 0. The lowest BCUT2D eigenvalue weighted by Crippen LogP contribution is -2.25. The molecule has 8 heteroatoms. The predicted molar refractivity (Wildman–Crippen MR) is 111 cm³/mol. The highest BCUT2D eigenvalue weighted by Crippen LogP contribution is 2.30. The molecule has 0 aromatic heterocycles. The average Bonchev–Trinajstić information content (AvgIpc) is 2.74. The highest BCUT2D eigenvalue weighted by Gasteiger charge is 2.27. The first-order chi connectivity index (χ1) is 14.1. The molecule has 1 unspecified atom stereocenters. The van der Waals surface area contributed by atoms with Gasteiger partial charge in [-0.25, -0.2) is 0 Å². The number of carbonyl (C=O) groups is 1. The zero-order valence-corrected chi connectivity index (χ0v) is 15.8. The molecule has 1 aliphatic carbocycles. The second-order valence-electron chi connectivity index (χ2n) is 6.50. The van der Waals surface area contributed by atoms with E-state index < -0.39 is 0 Å². The summed E-state index contributed by atoms with van der Waals surface area (Å²) in [4.78, 5) is 18.5. The minimum atomic E-state index is -0.0878. The molecule has 2 aromatic carbocycles. The van der Waals surface area contributed by atoms with Crippen molar-refractivity contribution in [1.82, 2.24) is 0 Å². The molecule has 1 aliphatic rings. The van der Waals surface area contributed by atoms with Crippen LogP contribution in [-0.4, -0.2) is 19.0 Å². The van der Waals surface area contributed by atoms with E-state index in [2.05, 4.69) is 20.1 Å². The molecule has 0 amide bonds. The van der Waals surface area contributed by atoms with Crippen molar-refractivity contribution in [2.45, 2.75) is 18.9 Å². The molecule has 3 rings (SSSR count). The van der Waals surface area contributed by atoms with E-state index in [4.69, 9.17) is 15.8 Å². The number of azide groups is 2. The van der Waals surface area contributed by atoms with Crippen LogP contribution in [0.1, 0.15) is 24.0 Å². The van der Waals surface area contributed by atoms with Crippen molar-refractivity contribution in [2.24, 2.45) is 10.2 Å². The molecule has 1 fully saturated rings. The Kier molecular flexibility index (Phi) is 6.45. The van der Waals surface area contributed by atoms with Crippen LogP contribution in [-0.2, 0) is 9.53 Å². The van der Waals surface area contributed by atoms with Crippen molar-refractivity contribution in [3.05, 3.63) is 91.7 Å². The fourth-order valence-electron chi connectivity index (χ4n) is 3.15. The Bertz CT molecular complexity index is 974. The molecule has 144 valence electrons. The van der Waals surface area contributed by atoms with Gasteiger partial charge in [0.2, 0.25) is 0 Å². The first-order valence-electron chi connectivity index (χ1n) is 8.92. The summed E-state index contributed by atoms with van der Waals surface area (Å²) in [5, 5.41) is 7.10. The lowest BCUT2D eigenvalue weighted by Gasteiger charge is -2.24. The maximum Gasteiger partial charge on any atom is 0.185 e. The van der Waals surface area contributed by atoms with Crippen LogP contribution in [0.15, 0.2) is 69.9 Å². The smallest absolute Gasteiger partial charge is 0.185 e. The lowest BCUT2D eigenvalue weighted by molar-refractivity contribution is -0.113. The van der Waals surface area contributed by atoms with Gasteiger partial charge in [0.15, 0.2) is 5.78 Å². The number of carbonyl (C=O) groups excluding carboxylic acids is 1. The van der Waals surface area contributed by atoms with Crippen LogP contribution >= 0.6 is 0 Å². The minimum Gasteiger partial charge on any atom is -0.381 e. The van der Waals surface area contributed by atoms with E-state index in [0.717, 1.165) is 11.1 Å². The fraction of sp³-hybridized carbons (Fsp3) is 0.190. The SMILES string of the molecule is COC1C/C(=C/c2ccc(N=[N+]=[N-])cc2)C(=O)/C(=C/c2ccc(N=[N+]=[N-])cc2)C1. The number of ketones is 1. The Hall–Kier alpha value is -3.83. The summed E-state index contributed by atoms with van der Waals surface area (Å²) < 4.78 is 5.53. The van der Waals surface area contributed by atoms with Crippen molar-refractivity contribution in [1.29, 1.82) is 0 Å². The zero-order valence-electron chi connectivity index (χ0n) is 15.8. The molecular formula is C21H18N6O2. The first-order valence-corrected chi connectivity index (χ1v) is 8.92. The van der Waals surface area contributed by atoms with Gasteiger partial charge in [-0.2, -0.15) is 0 Å². The molecule has 0 radical (unpaired) electrons. The number of benzene rings is 2.